The van der Waals surface area contributed by atoms with Crippen molar-refractivity contribution in [3.63, 3.8) is 0 Å². The Morgan fingerprint density at radius 1 is 1.24 bits per heavy atom. The molecule has 1 aromatic heterocycles. The summed E-state index contributed by atoms with van der Waals surface area (Å²) in [5.74, 6) is 0. The number of urea groups is 1. The molecule has 1 heterocycles. The fourth-order valence-electron chi connectivity index (χ4n) is 3.21. The molecule has 1 fully saturated rings. The van der Waals surface area contributed by atoms with Gasteiger partial charge in [0.15, 0.2) is 0 Å². The smallest absolute Gasteiger partial charge is 0.319 e. The number of sulfonamides is 1. The second-order valence-corrected chi connectivity index (χ2v) is 8.31. The summed E-state index contributed by atoms with van der Waals surface area (Å²) in [5, 5.41) is 5.43. The fraction of sp³-hybridized carbons (Fsp3) is 0.625. The first-order valence-corrected chi connectivity index (χ1v) is 10.4. The average molecular weight is 370 g/mol. The van der Waals surface area contributed by atoms with Crippen molar-refractivity contribution in [1.82, 2.24) is 14.6 Å². The molecule has 9 heteroatoms. The maximum atomic E-state index is 12.2. The largest absolute Gasteiger partial charge is 0.336 e. The Hall–Kier alpha value is -1.87. The fourth-order valence-corrected chi connectivity index (χ4v) is 4.28. The van der Waals surface area contributed by atoms with Crippen LogP contribution in [0, 0.1) is 0 Å². The summed E-state index contributed by atoms with van der Waals surface area (Å²) in [6.45, 7) is 2.58. The van der Waals surface area contributed by atoms with Crippen molar-refractivity contribution < 1.29 is 13.2 Å². The van der Waals surface area contributed by atoms with Gasteiger partial charge in [0.1, 0.15) is 0 Å². The highest BCUT2D eigenvalue weighted by Gasteiger charge is 2.35. The zero-order chi connectivity index (χ0) is 18.5. The van der Waals surface area contributed by atoms with Gasteiger partial charge in [0, 0.05) is 25.4 Å². The number of amides is 2. The highest BCUT2D eigenvalue weighted by molar-refractivity contribution is 7.88. The van der Waals surface area contributed by atoms with Crippen LogP contribution in [0.25, 0.3) is 0 Å². The molecule has 0 atom stereocenters. The minimum absolute atomic E-state index is 0.132. The van der Waals surface area contributed by atoms with Crippen molar-refractivity contribution >= 4 is 21.7 Å². The number of pyridine rings is 1. The molecule has 0 bridgehead atoms. The molecule has 1 aliphatic rings. The van der Waals surface area contributed by atoms with E-state index in [9.17, 15) is 18.0 Å². The number of aryl methyl sites for hydroxylation is 1. The lowest BCUT2D eigenvalue weighted by atomic mass is 9.82. The van der Waals surface area contributed by atoms with Crippen molar-refractivity contribution in [3.8, 4) is 0 Å². The number of aromatic nitrogens is 1. The van der Waals surface area contributed by atoms with Gasteiger partial charge in [-0.3, -0.25) is 4.79 Å². The summed E-state index contributed by atoms with van der Waals surface area (Å²) in [6.07, 6.45) is 7.02. The van der Waals surface area contributed by atoms with E-state index in [4.69, 9.17) is 0 Å². The first-order chi connectivity index (χ1) is 11.7. The highest BCUT2D eigenvalue weighted by atomic mass is 32.2. The minimum atomic E-state index is -3.36. The summed E-state index contributed by atoms with van der Waals surface area (Å²) in [5.41, 5.74) is -0.259. The van der Waals surface area contributed by atoms with Gasteiger partial charge in [-0.15, -0.1) is 0 Å². The maximum Gasteiger partial charge on any atom is 0.319 e. The first-order valence-electron chi connectivity index (χ1n) is 8.47. The van der Waals surface area contributed by atoms with Gasteiger partial charge in [-0.1, -0.05) is 19.3 Å². The average Bonchev–Trinajstić information content (AvgIpc) is 2.54. The van der Waals surface area contributed by atoms with E-state index in [0.29, 0.717) is 25.1 Å². The molecule has 1 saturated carbocycles. The SMILES string of the molecule is CCn1cc(NC(=O)NCC2(NS(C)(=O)=O)CCCCC2)ccc1=O. The monoisotopic (exact) mass is 370 g/mol. The van der Waals surface area contributed by atoms with Gasteiger partial charge >= 0.3 is 6.03 Å². The molecule has 2 rings (SSSR count). The Morgan fingerprint density at radius 3 is 2.52 bits per heavy atom. The van der Waals surface area contributed by atoms with Gasteiger partial charge in [-0.25, -0.2) is 17.9 Å². The second kappa shape index (κ2) is 8.01. The van der Waals surface area contributed by atoms with E-state index in [1.54, 1.807) is 12.3 Å². The normalized spacial score (nSPS) is 17.0. The van der Waals surface area contributed by atoms with Gasteiger partial charge in [-0.2, -0.15) is 0 Å². The van der Waals surface area contributed by atoms with Crippen molar-refractivity contribution in [1.29, 1.82) is 0 Å². The van der Waals surface area contributed by atoms with Crippen LogP contribution in [0.3, 0.4) is 0 Å². The quantitative estimate of drug-likeness (QED) is 0.700. The Labute approximate surface area is 148 Å². The third-order valence-electron chi connectivity index (χ3n) is 4.38. The Balaban J connectivity index is 2.00. The lowest BCUT2D eigenvalue weighted by molar-refractivity contribution is 0.234. The molecule has 0 radical (unpaired) electrons. The summed E-state index contributed by atoms with van der Waals surface area (Å²) < 4.78 is 27.5. The van der Waals surface area contributed by atoms with Gasteiger partial charge in [0.05, 0.1) is 17.5 Å². The van der Waals surface area contributed by atoms with E-state index in [2.05, 4.69) is 15.4 Å². The number of carbonyl (C=O) groups is 1. The van der Waals surface area contributed by atoms with Crippen LogP contribution >= 0.6 is 0 Å². The van der Waals surface area contributed by atoms with Crippen LogP contribution < -0.4 is 20.9 Å². The summed E-state index contributed by atoms with van der Waals surface area (Å²) in [6, 6.07) is 2.51. The molecule has 140 valence electrons. The van der Waals surface area contributed by atoms with E-state index >= 15 is 0 Å². The van der Waals surface area contributed by atoms with Gasteiger partial charge in [0.25, 0.3) is 5.56 Å². The number of hydrogen-bond donors (Lipinski definition) is 3. The van der Waals surface area contributed by atoms with E-state index in [0.717, 1.165) is 25.5 Å². The molecule has 0 unspecified atom stereocenters. The molecule has 25 heavy (non-hydrogen) atoms. The van der Waals surface area contributed by atoms with Crippen LogP contribution in [0.1, 0.15) is 39.0 Å². The molecule has 1 aliphatic carbocycles. The third kappa shape index (κ3) is 5.86. The van der Waals surface area contributed by atoms with Crippen molar-refractivity contribution in [3.05, 3.63) is 28.7 Å². The van der Waals surface area contributed by atoms with Gasteiger partial charge < -0.3 is 15.2 Å². The molecule has 1 aromatic rings. The number of anilines is 1. The maximum absolute atomic E-state index is 12.2. The van der Waals surface area contributed by atoms with Crippen LogP contribution in [0.15, 0.2) is 23.1 Å². The predicted octanol–water partition coefficient (Wildman–Crippen LogP) is 1.24. The summed E-state index contributed by atoms with van der Waals surface area (Å²) >= 11 is 0. The number of carbonyl (C=O) groups excluding carboxylic acids is 1. The molecule has 2 amide bonds. The second-order valence-electron chi connectivity index (χ2n) is 6.56. The molecule has 0 spiro atoms. The Bertz CT molecular complexity index is 767. The molecule has 0 saturated heterocycles. The van der Waals surface area contributed by atoms with Crippen LogP contribution in [0.2, 0.25) is 0 Å². The van der Waals surface area contributed by atoms with Crippen molar-refractivity contribution in [2.75, 3.05) is 18.1 Å². The third-order valence-corrected chi connectivity index (χ3v) is 5.19. The lowest BCUT2D eigenvalue weighted by Crippen LogP contribution is -2.56. The van der Waals surface area contributed by atoms with Crippen LogP contribution in [0.4, 0.5) is 10.5 Å². The zero-order valence-corrected chi connectivity index (χ0v) is 15.5. The molecule has 0 aromatic carbocycles. The number of rotatable bonds is 6. The first kappa shape index (κ1) is 19.5. The molecule has 3 N–H and O–H groups in total. The molecular formula is C16H26N4O4S. The highest BCUT2D eigenvalue weighted by Crippen LogP contribution is 2.28. The van der Waals surface area contributed by atoms with Crippen LogP contribution in [-0.4, -0.2) is 37.4 Å². The van der Waals surface area contributed by atoms with E-state index < -0.39 is 21.6 Å². The van der Waals surface area contributed by atoms with E-state index in [1.807, 2.05) is 6.92 Å². The molecular weight excluding hydrogens is 344 g/mol. The van der Waals surface area contributed by atoms with Crippen molar-refractivity contribution in [2.45, 2.75) is 51.1 Å². The van der Waals surface area contributed by atoms with Crippen LogP contribution in [-0.2, 0) is 16.6 Å². The number of nitrogens with one attached hydrogen (secondary N) is 3. The summed E-state index contributed by atoms with van der Waals surface area (Å²) in [7, 11) is -3.36. The zero-order valence-electron chi connectivity index (χ0n) is 14.7. The van der Waals surface area contributed by atoms with E-state index in [-0.39, 0.29) is 12.1 Å². The minimum Gasteiger partial charge on any atom is -0.336 e. The Morgan fingerprint density at radius 2 is 1.92 bits per heavy atom. The molecule has 8 nitrogen and oxygen atoms in total. The van der Waals surface area contributed by atoms with E-state index in [1.165, 1.54) is 10.6 Å². The molecule has 0 aliphatic heterocycles. The van der Waals surface area contributed by atoms with Crippen LogP contribution in [0.5, 0.6) is 0 Å². The topological polar surface area (TPSA) is 109 Å². The lowest BCUT2D eigenvalue weighted by Gasteiger charge is -2.37. The predicted molar refractivity (Wildman–Crippen MR) is 97.2 cm³/mol. The van der Waals surface area contributed by atoms with Gasteiger partial charge in [-0.05, 0) is 25.8 Å². The Kier molecular flexibility index (Phi) is 6.23. The number of nitrogens with zero attached hydrogens (tertiary/aromatic N) is 1. The standard InChI is InChI=1S/C16H26N4O4S/c1-3-20-11-13(7-8-14(20)21)18-15(22)17-12-16(19-25(2,23)24)9-5-4-6-10-16/h7-8,11,19H,3-6,9-10,12H2,1-2H3,(H2,17,18,22). The summed E-state index contributed by atoms with van der Waals surface area (Å²) in [4.78, 5) is 23.7. The van der Waals surface area contributed by atoms with Gasteiger partial charge in [0.2, 0.25) is 10.0 Å². The van der Waals surface area contributed by atoms with Crippen molar-refractivity contribution in [2.24, 2.45) is 0 Å². The number of hydrogen-bond acceptors (Lipinski definition) is 4.